The van der Waals surface area contributed by atoms with E-state index in [9.17, 15) is 19.4 Å². The second-order valence-corrected chi connectivity index (χ2v) is 6.07. The zero-order valence-electron chi connectivity index (χ0n) is 9.27. The average Bonchev–Trinajstić information content (AvgIpc) is 2.28. The van der Waals surface area contributed by atoms with E-state index in [1.54, 1.807) is 30.3 Å². The van der Waals surface area contributed by atoms with Crippen molar-refractivity contribution in [3.63, 3.8) is 0 Å². The van der Waals surface area contributed by atoms with Crippen LogP contribution in [0.25, 0.3) is 0 Å². The van der Waals surface area contributed by atoms with Crippen LogP contribution in [0.2, 0.25) is 0 Å². The van der Waals surface area contributed by atoms with E-state index in [-0.39, 0.29) is 11.8 Å². The second-order valence-electron chi connectivity index (χ2n) is 3.72. The third kappa shape index (κ3) is 3.57. The van der Waals surface area contributed by atoms with Gasteiger partial charge in [0.15, 0.2) is 5.03 Å². The van der Waals surface area contributed by atoms with Crippen molar-refractivity contribution < 1.29 is 24.2 Å². The first-order valence-corrected chi connectivity index (χ1v) is 6.93. The standard InChI is InChI=1S/C11H8F5NOS/c12-19(13,14,15,16)11-7-6-10(8-17-11)18-9-4-2-1-3-5-9/h1-8H. The van der Waals surface area contributed by atoms with Crippen LogP contribution in [0.5, 0.6) is 11.5 Å². The fourth-order valence-electron chi connectivity index (χ4n) is 1.28. The topological polar surface area (TPSA) is 22.1 Å². The molecule has 1 aromatic heterocycles. The number of nitrogens with zero attached hydrogens (tertiary/aromatic N) is 1. The van der Waals surface area contributed by atoms with Gasteiger partial charge in [-0.05, 0) is 24.3 Å². The Bertz CT molecular complexity index is 582. The summed E-state index contributed by atoms with van der Waals surface area (Å²) in [4.78, 5) is 2.74. The normalized spacial score (nSPS) is 15.4. The lowest BCUT2D eigenvalue weighted by Gasteiger charge is -2.39. The summed E-state index contributed by atoms with van der Waals surface area (Å²) in [6.07, 6.45) is 0.611. The van der Waals surface area contributed by atoms with E-state index in [1.165, 1.54) is 0 Å². The van der Waals surface area contributed by atoms with Gasteiger partial charge in [-0.1, -0.05) is 37.6 Å². The highest BCUT2D eigenvalue weighted by atomic mass is 32.5. The summed E-state index contributed by atoms with van der Waals surface area (Å²) >= 11 is 0. The van der Waals surface area contributed by atoms with Crippen LogP contribution in [0.1, 0.15) is 0 Å². The van der Waals surface area contributed by atoms with Crippen LogP contribution in [0.3, 0.4) is 0 Å². The van der Waals surface area contributed by atoms with Crippen LogP contribution in [0.15, 0.2) is 53.7 Å². The van der Waals surface area contributed by atoms with Gasteiger partial charge in [-0.15, -0.1) is 0 Å². The molecular weight excluding hydrogens is 289 g/mol. The molecule has 0 radical (unpaired) electrons. The molecule has 104 valence electrons. The van der Waals surface area contributed by atoms with E-state index < -0.39 is 15.3 Å². The smallest absolute Gasteiger partial charge is 0.325 e. The van der Waals surface area contributed by atoms with Crippen molar-refractivity contribution in [1.29, 1.82) is 0 Å². The van der Waals surface area contributed by atoms with Gasteiger partial charge in [0.1, 0.15) is 11.5 Å². The maximum Gasteiger partial charge on any atom is 0.325 e. The number of benzene rings is 1. The van der Waals surface area contributed by atoms with Crippen molar-refractivity contribution in [3.8, 4) is 11.5 Å². The number of pyridine rings is 1. The summed E-state index contributed by atoms with van der Waals surface area (Å²) < 4.78 is 67.2. The Hall–Kier alpha value is -1.83. The van der Waals surface area contributed by atoms with Crippen LogP contribution in [0.4, 0.5) is 19.4 Å². The molecule has 0 saturated heterocycles. The van der Waals surface area contributed by atoms with Crippen LogP contribution in [0, 0.1) is 0 Å². The lowest BCUT2D eigenvalue weighted by Crippen LogP contribution is -2.08. The molecule has 0 aliphatic rings. The van der Waals surface area contributed by atoms with Gasteiger partial charge >= 0.3 is 10.2 Å². The zero-order valence-corrected chi connectivity index (χ0v) is 10.1. The van der Waals surface area contributed by atoms with Crippen molar-refractivity contribution in [1.82, 2.24) is 4.98 Å². The summed E-state index contributed by atoms with van der Waals surface area (Å²) in [7, 11) is -9.72. The molecule has 0 N–H and O–H groups in total. The summed E-state index contributed by atoms with van der Waals surface area (Å²) in [5, 5.41) is -2.18. The molecule has 0 fully saturated rings. The molecule has 0 aliphatic heterocycles. The number of hydrogen-bond acceptors (Lipinski definition) is 2. The van der Waals surface area contributed by atoms with Gasteiger partial charge in [0.25, 0.3) is 0 Å². The van der Waals surface area contributed by atoms with Gasteiger partial charge < -0.3 is 4.74 Å². The van der Waals surface area contributed by atoms with E-state index in [0.29, 0.717) is 11.9 Å². The van der Waals surface area contributed by atoms with E-state index >= 15 is 0 Å². The first-order valence-electron chi connectivity index (χ1n) is 4.98. The Labute approximate surface area is 105 Å². The molecule has 8 heteroatoms. The van der Waals surface area contributed by atoms with Crippen molar-refractivity contribution in [2.45, 2.75) is 5.03 Å². The van der Waals surface area contributed by atoms with Crippen molar-refractivity contribution >= 4 is 10.2 Å². The molecule has 1 aromatic carbocycles. The number of ether oxygens (including phenoxy) is 1. The van der Waals surface area contributed by atoms with E-state index in [2.05, 4.69) is 4.98 Å². The number of hydrogen-bond donors (Lipinski definition) is 0. The van der Waals surface area contributed by atoms with Gasteiger partial charge in [-0.25, -0.2) is 4.98 Å². The lowest BCUT2D eigenvalue weighted by molar-refractivity contribution is 0.357. The van der Waals surface area contributed by atoms with Gasteiger partial charge in [0, 0.05) is 0 Å². The van der Waals surface area contributed by atoms with Gasteiger partial charge in [0.05, 0.1) is 6.20 Å². The van der Waals surface area contributed by atoms with Crippen LogP contribution in [-0.4, -0.2) is 4.98 Å². The monoisotopic (exact) mass is 297 g/mol. The number of halogens is 5. The Kier molecular flexibility index (Phi) is 2.57. The molecule has 2 aromatic rings. The number of rotatable bonds is 3. The third-order valence-corrected chi connectivity index (χ3v) is 3.12. The summed E-state index contributed by atoms with van der Waals surface area (Å²) in [5.41, 5.74) is 0. The van der Waals surface area contributed by atoms with E-state index in [4.69, 9.17) is 4.74 Å². The van der Waals surface area contributed by atoms with Gasteiger partial charge in [0.2, 0.25) is 0 Å². The molecule has 2 nitrogen and oxygen atoms in total. The Balaban J connectivity index is 2.26. The highest BCUT2D eigenvalue weighted by Crippen LogP contribution is 3.01. The van der Waals surface area contributed by atoms with Crippen molar-refractivity contribution in [2.75, 3.05) is 0 Å². The molecule has 2 rings (SSSR count). The minimum atomic E-state index is -9.72. The molecule has 0 unspecified atom stereocenters. The van der Waals surface area contributed by atoms with Crippen molar-refractivity contribution in [2.24, 2.45) is 0 Å². The fraction of sp³-hybridized carbons (Fsp3) is 0. The summed E-state index contributed by atoms with van der Waals surface area (Å²) in [6, 6.07) is 9.18. The predicted molar refractivity (Wildman–Crippen MR) is 62.2 cm³/mol. The molecule has 0 aliphatic carbocycles. The largest absolute Gasteiger partial charge is 0.456 e. The summed E-state index contributed by atoms with van der Waals surface area (Å²) in [5.74, 6) is 0.307. The molecule has 19 heavy (non-hydrogen) atoms. The van der Waals surface area contributed by atoms with Gasteiger partial charge in [-0.3, -0.25) is 0 Å². The molecule has 1 heterocycles. The van der Waals surface area contributed by atoms with Crippen LogP contribution < -0.4 is 4.74 Å². The molecule has 0 spiro atoms. The zero-order chi connectivity index (χ0) is 14.2. The fourth-order valence-corrected chi connectivity index (χ4v) is 1.86. The quantitative estimate of drug-likeness (QED) is 0.695. The Morgan fingerprint density at radius 3 is 1.89 bits per heavy atom. The number of para-hydroxylation sites is 1. The SMILES string of the molecule is FS(F)(F)(F)(F)c1ccc(Oc2ccccc2)cn1. The Morgan fingerprint density at radius 1 is 0.789 bits per heavy atom. The number of aromatic nitrogens is 1. The first-order chi connectivity index (χ1) is 8.54. The maximum atomic E-state index is 12.4. The predicted octanol–water partition coefficient (Wildman–Crippen LogP) is 5.53. The molecule has 0 bridgehead atoms. The minimum absolute atomic E-state index is 0.0585. The third-order valence-electron chi connectivity index (χ3n) is 2.08. The molecule has 0 amide bonds. The Morgan fingerprint density at radius 2 is 1.42 bits per heavy atom. The highest BCUT2D eigenvalue weighted by molar-refractivity contribution is 8.45. The summed E-state index contributed by atoms with van der Waals surface area (Å²) in [6.45, 7) is 0. The van der Waals surface area contributed by atoms with E-state index in [1.807, 2.05) is 0 Å². The second kappa shape index (κ2) is 3.60. The van der Waals surface area contributed by atoms with Crippen molar-refractivity contribution in [3.05, 3.63) is 48.7 Å². The minimum Gasteiger partial charge on any atom is -0.456 e. The lowest BCUT2D eigenvalue weighted by atomic mass is 10.3. The van der Waals surface area contributed by atoms with E-state index in [0.717, 1.165) is 6.07 Å². The van der Waals surface area contributed by atoms with Crippen LogP contribution >= 0.6 is 10.2 Å². The highest BCUT2D eigenvalue weighted by Gasteiger charge is 2.67. The maximum absolute atomic E-state index is 12.4. The average molecular weight is 297 g/mol. The first kappa shape index (κ1) is 13.6. The molecule has 0 atom stereocenters. The van der Waals surface area contributed by atoms with Crippen LogP contribution in [-0.2, 0) is 0 Å². The molecule has 0 saturated carbocycles. The van der Waals surface area contributed by atoms with Gasteiger partial charge in [-0.2, -0.15) is 0 Å². The molecular formula is C11H8F5NOS.